The fourth-order valence-corrected chi connectivity index (χ4v) is 2.31. The Labute approximate surface area is 120 Å². The van der Waals surface area contributed by atoms with Crippen LogP contribution in [0.4, 0.5) is 5.69 Å². The maximum atomic E-state index is 11.7. The van der Waals surface area contributed by atoms with Crippen LogP contribution in [0.25, 0.3) is 0 Å². The summed E-state index contributed by atoms with van der Waals surface area (Å²) in [5.41, 5.74) is 1.45. The van der Waals surface area contributed by atoms with Gasteiger partial charge in [-0.25, -0.2) is 4.79 Å². The molecule has 0 amide bonds. The fourth-order valence-electron chi connectivity index (χ4n) is 2.31. The lowest BCUT2D eigenvalue weighted by molar-refractivity contribution is 0.0557. The number of carbonyl (C=O) groups is 1. The fraction of sp³-hybridized carbons (Fsp3) is 0.438. The van der Waals surface area contributed by atoms with E-state index in [0.717, 1.165) is 18.8 Å². The van der Waals surface area contributed by atoms with Gasteiger partial charge in [-0.05, 0) is 44.1 Å². The summed E-state index contributed by atoms with van der Waals surface area (Å²) < 4.78 is 4.91. The molecular formula is C16H20N2O2. The molecule has 0 aromatic heterocycles. The van der Waals surface area contributed by atoms with Crippen LogP contribution >= 0.6 is 0 Å². The Hall–Kier alpha value is -1.99. The van der Waals surface area contributed by atoms with E-state index in [1.54, 1.807) is 12.1 Å². The van der Waals surface area contributed by atoms with Gasteiger partial charge in [-0.15, -0.1) is 6.42 Å². The molecule has 1 saturated heterocycles. The summed E-state index contributed by atoms with van der Waals surface area (Å²) in [6, 6.07) is 7.31. The summed E-state index contributed by atoms with van der Waals surface area (Å²) in [5.74, 6) is 1.90. The van der Waals surface area contributed by atoms with Gasteiger partial charge in [0.1, 0.15) is 0 Å². The molecule has 2 rings (SSSR count). The Morgan fingerprint density at radius 2 is 2.20 bits per heavy atom. The Bertz CT molecular complexity index is 487. The molecule has 1 N–H and O–H groups in total. The monoisotopic (exact) mass is 272 g/mol. The molecule has 1 aromatic rings. The lowest BCUT2D eigenvalue weighted by atomic mass is 10.2. The number of hydrogen-bond donors (Lipinski definition) is 1. The van der Waals surface area contributed by atoms with E-state index in [0.29, 0.717) is 5.56 Å². The Kier molecular flexibility index (Phi) is 5.45. The molecule has 4 nitrogen and oxygen atoms in total. The zero-order chi connectivity index (χ0) is 14.2. The van der Waals surface area contributed by atoms with E-state index in [1.807, 2.05) is 12.1 Å². The second-order valence-electron chi connectivity index (χ2n) is 4.84. The van der Waals surface area contributed by atoms with E-state index < -0.39 is 0 Å². The first-order chi connectivity index (χ1) is 9.79. The van der Waals surface area contributed by atoms with Crippen LogP contribution in [0.2, 0.25) is 0 Å². The van der Waals surface area contributed by atoms with Crippen LogP contribution in [0.5, 0.6) is 0 Å². The molecule has 4 heteroatoms. The molecule has 1 heterocycles. The normalized spacial score (nSPS) is 14.8. The summed E-state index contributed by atoms with van der Waals surface area (Å²) in [7, 11) is 0. The molecule has 1 aliphatic heterocycles. The molecule has 0 aliphatic carbocycles. The van der Waals surface area contributed by atoms with Crippen LogP contribution in [0.15, 0.2) is 24.3 Å². The first kappa shape index (κ1) is 14.4. The lowest BCUT2D eigenvalue weighted by Gasteiger charge is -2.15. The zero-order valence-electron chi connectivity index (χ0n) is 11.6. The standard InChI is InChI=1S/C16H20N2O2/c1-2-12-20-16(19)14-6-5-7-15(13-14)17-8-11-18-9-3-4-10-18/h1,5-7,13,17H,3-4,8-12H2. The second-order valence-corrected chi connectivity index (χ2v) is 4.84. The number of benzene rings is 1. The molecule has 0 radical (unpaired) electrons. The molecule has 106 valence electrons. The summed E-state index contributed by atoms with van der Waals surface area (Å²) in [6.07, 6.45) is 7.67. The SMILES string of the molecule is C#CCOC(=O)c1cccc(NCCN2CCCC2)c1. The number of anilines is 1. The molecule has 1 aromatic carbocycles. The average molecular weight is 272 g/mol. The number of likely N-dealkylation sites (tertiary alicyclic amines) is 1. The predicted octanol–water partition coefficient (Wildman–Crippen LogP) is 1.98. The van der Waals surface area contributed by atoms with Gasteiger partial charge in [0.2, 0.25) is 0 Å². The minimum atomic E-state index is -0.383. The molecule has 1 aliphatic rings. The van der Waals surface area contributed by atoms with Crippen molar-refractivity contribution in [1.29, 1.82) is 0 Å². The van der Waals surface area contributed by atoms with Crippen LogP contribution < -0.4 is 5.32 Å². The van der Waals surface area contributed by atoms with Gasteiger partial charge in [0, 0.05) is 18.8 Å². The summed E-state index contributed by atoms with van der Waals surface area (Å²) >= 11 is 0. The lowest BCUT2D eigenvalue weighted by Crippen LogP contribution is -2.25. The van der Waals surface area contributed by atoms with Gasteiger partial charge < -0.3 is 15.0 Å². The topological polar surface area (TPSA) is 41.6 Å². The van der Waals surface area contributed by atoms with E-state index in [-0.39, 0.29) is 12.6 Å². The van der Waals surface area contributed by atoms with Crippen LogP contribution in [-0.2, 0) is 4.74 Å². The highest BCUT2D eigenvalue weighted by atomic mass is 16.5. The van der Waals surface area contributed by atoms with E-state index >= 15 is 0 Å². The maximum absolute atomic E-state index is 11.7. The molecule has 0 spiro atoms. The van der Waals surface area contributed by atoms with Gasteiger partial charge in [0.15, 0.2) is 6.61 Å². The van der Waals surface area contributed by atoms with Crippen LogP contribution in [0.1, 0.15) is 23.2 Å². The van der Waals surface area contributed by atoms with Crippen molar-refractivity contribution in [2.45, 2.75) is 12.8 Å². The van der Waals surface area contributed by atoms with Crippen LogP contribution in [-0.4, -0.2) is 43.7 Å². The van der Waals surface area contributed by atoms with Crippen molar-refractivity contribution >= 4 is 11.7 Å². The van der Waals surface area contributed by atoms with Crippen LogP contribution in [0.3, 0.4) is 0 Å². The molecule has 20 heavy (non-hydrogen) atoms. The predicted molar refractivity (Wildman–Crippen MR) is 79.7 cm³/mol. The number of nitrogens with one attached hydrogen (secondary N) is 1. The highest BCUT2D eigenvalue weighted by Crippen LogP contribution is 2.12. The quantitative estimate of drug-likeness (QED) is 0.635. The van der Waals surface area contributed by atoms with Crippen LogP contribution in [0, 0.1) is 12.3 Å². The van der Waals surface area contributed by atoms with Crippen molar-refractivity contribution < 1.29 is 9.53 Å². The average Bonchev–Trinajstić information content (AvgIpc) is 2.98. The number of carbonyl (C=O) groups excluding carboxylic acids is 1. The van der Waals surface area contributed by atoms with Crippen molar-refractivity contribution in [3.63, 3.8) is 0 Å². The molecular weight excluding hydrogens is 252 g/mol. The minimum absolute atomic E-state index is 0.00541. The Morgan fingerprint density at radius 1 is 1.40 bits per heavy atom. The highest BCUT2D eigenvalue weighted by molar-refractivity contribution is 5.90. The van der Waals surface area contributed by atoms with E-state index in [1.165, 1.54) is 25.9 Å². The van der Waals surface area contributed by atoms with Crippen molar-refractivity contribution in [3.8, 4) is 12.3 Å². The summed E-state index contributed by atoms with van der Waals surface area (Å²) in [5, 5.41) is 3.33. The number of ether oxygens (including phenoxy) is 1. The largest absolute Gasteiger partial charge is 0.449 e. The van der Waals surface area contributed by atoms with E-state index in [9.17, 15) is 4.79 Å². The third kappa shape index (κ3) is 4.29. The molecule has 0 unspecified atom stereocenters. The van der Waals surface area contributed by atoms with Gasteiger partial charge in [0.05, 0.1) is 5.56 Å². The van der Waals surface area contributed by atoms with Gasteiger partial charge in [-0.1, -0.05) is 12.0 Å². The van der Waals surface area contributed by atoms with Gasteiger partial charge in [0.25, 0.3) is 0 Å². The molecule has 1 fully saturated rings. The first-order valence-electron chi connectivity index (χ1n) is 6.96. The van der Waals surface area contributed by atoms with Gasteiger partial charge >= 0.3 is 5.97 Å². The number of esters is 1. The number of nitrogens with zero attached hydrogens (tertiary/aromatic N) is 1. The van der Waals surface area contributed by atoms with Gasteiger partial charge in [-0.2, -0.15) is 0 Å². The Morgan fingerprint density at radius 3 is 2.95 bits per heavy atom. The summed E-state index contributed by atoms with van der Waals surface area (Å²) in [6.45, 7) is 4.31. The molecule has 0 saturated carbocycles. The van der Waals surface area contributed by atoms with Crippen molar-refractivity contribution in [2.24, 2.45) is 0 Å². The zero-order valence-corrected chi connectivity index (χ0v) is 11.6. The maximum Gasteiger partial charge on any atom is 0.339 e. The van der Waals surface area contributed by atoms with Crippen molar-refractivity contribution in [3.05, 3.63) is 29.8 Å². The molecule has 0 atom stereocenters. The van der Waals surface area contributed by atoms with E-state index in [4.69, 9.17) is 11.2 Å². The minimum Gasteiger partial charge on any atom is -0.449 e. The van der Waals surface area contributed by atoms with Crippen molar-refractivity contribution in [1.82, 2.24) is 4.90 Å². The van der Waals surface area contributed by atoms with E-state index in [2.05, 4.69) is 16.1 Å². The number of hydrogen-bond acceptors (Lipinski definition) is 4. The third-order valence-corrected chi connectivity index (χ3v) is 3.34. The Balaban J connectivity index is 1.82. The number of rotatable bonds is 6. The second kappa shape index (κ2) is 7.56. The highest BCUT2D eigenvalue weighted by Gasteiger charge is 2.10. The number of terminal acetylenes is 1. The summed E-state index contributed by atoms with van der Waals surface area (Å²) in [4.78, 5) is 14.1. The molecule has 0 bridgehead atoms. The van der Waals surface area contributed by atoms with Gasteiger partial charge in [-0.3, -0.25) is 0 Å². The third-order valence-electron chi connectivity index (χ3n) is 3.34. The smallest absolute Gasteiger partial charge is 0.339 e. The van der Waals surface area contributed by atoms with Crippen molar-refractivity contribution in [2.75, 3.05) is 38.1 Å². The first-order valence-corrected chi connectivity index (χ1v) is 6.96.